The Labute approximate surface area is 238 Å². The average molecular weight is 546 g/mol. The van der Waals surface area contributed by atoms with E-state index in [0.29, 0.717) is 55.2 Å². The summed E-state index contributed by atoms with van der Waals surface area (Å²) in [5, 5.41) is 1.02. The molecular weight excluding hydrogens is 504 g/mol. The number of amides is 1. The number of hydrogen-bond acceptors (Lipinski definition) is 6. The smallest absolute Gasteiger partial charge is 0.254 e. The Morgan fingerprint density at radius 1 is 1.25 bits per heavy atom. The van der Waals surface area contributed by atoms with Crippen molar-refractivity contribution in [1.82, 2.24) is 24.0 Å². The fourth-order valence-corrected chi connectivity index (χ4v) is 7.55. The zero-order chi connectivity index (χ0) is 30.3. The topological polar surface area (TPSA) is 100 Å². The van der Waals surface area contributed by atoms with Gasteiger partial charge in [0.2, 0.25) is 0 Å². The minimum Gasteiger partial charge on any atom is -0.494 e. The number of carbonyl (C=O) groups is 1. The molecule has 2 N–H and O–H groups in total. The van der Waals surface area contributed by atoms with Gasteiger partial charge in [0.15, 0.2) is 5.82 Å². The van der Waals surface area contributed by atoms with Crippen LogP contribution in [0.4, 0.5) is 0 Å². The molecule has 2 aliphatic carbocycles. The number of hydrogen-bond donors (Lipinski definition) is 1. The number of aryl methyl sites for hydroxylation is 1. The van der Waals surface area contributed by atoms with Crippen LogP contribution in [0.25, 0.3) is 33.6 Å². The molecule has 1 aromatic carbocycles. The molecule has 0 spiro atoms. The van der Waals surface area contributed by atoms with Crippen molar-refractivity contribution in [2.45, 2.75) is 70.3 Å². The number of aromatic nitrogens is 4. The monoisotopic (exact) mass is 545 g/mol. The van der Waals surface area contributed by atoms with Gasteiger partial charge in [-0.15, -0.1) is 0 Å². The molecule has 9 nitrogen and oxygen atoms in total. The summed E-state index contributed by atoms with van der Waals surface area (Å²) in [5.74, 6) is 1.82. The van der Waals surface area contributed by atoms with E-state index in [1.165, 1.54) is 0 Å². The normalized spacial score (nSPS) is 29.0. The zero-order valence-electron chi connectivity index (χ0n) is 26.3. The molecule has 2 saturated carbocycles. The lowest BCUT2D eigenvalue weighted by atomic mass is 9.72. The third-order valence-corrected chi connectivity index (χ3v) is 9.52. The summed E-state index contributed by atoms with van der Waals surface area (Å²) in [6.45, 7) is 5.93. The van der Waals surface area contributed by atoms with Crippen LogP contribution in [0.2, 0.25) is 0 Å². The van der Waals surface area contributed by atoms with Crippen molar-refractivity contribution in [3.05, 3.63) is 42.1 Å². The second kappa shape index (κ2) is 9.31. The van der Waals surface area contributed by atoms with E-state index in [1.54, 1.807) is 13.3 Å². The summed E-state index contributed by atoms with van der Waals surface area (Å²) in [6.07, 6.45) is 5.03. The number of fused-ring (bicyclic) bond motifs is 4. The Hall–Kier alpha value is -3.43. The lowest BCUT2D eigenvalue weighted by molar-refractivity contribution is -0.0937. The molecule has 1 aliphatic heterocycles. The summed E-state index contributed by atoms with van der Waals surface area (Å²) < 4.78 is 38.4. The van der Waals surface area contributed by atoms with Gasteiger partial charge < -0.3 is 29.2 Å². The molecule has 0 radical (unpaired) electrons. The molecular formula is C31H38N6O3. The van der Waals surface area contributed by atoms with E-state index in [2.05, 4.69) is 27.1 Å². The molecule has 210 valence electrons. The molecule has 9 heteroatoms. The number of rotatable bonds is 7. The van der Waals surface area contributed by atoms with Gasteiger partial charge in [-0.05, 0) is 81.7 Å². The highest BCUT2D eigenvalue weighted by Crippen LogP contribution is 2.44. The van der Waals surface area contributed by atoms with Gasteiger partial charge >= 0.3 is 0 Å². The molecule has 3 fully saturated rings. The Balaban J connectivity index is 1.33. The summed E-state index contributed by atoms with van der Waals surface area (Å²) in [7, 11) is -0.822. The number of imidazole rings is 1. The van der Waals surface area contributed by atoms with Crippen molar-refractivity contribution in [2.75, 3.05) is 20.7 Å². The molecule has 4 heterocycles. The average Bonchev–Trinajstić information content (AvgIpc) is 3.69. The first-order chi connectivity index (χ1) is 20.5. The molecule has 1 amide bonds. The number of carbonyl (C=O) groups excluding carboxylic acids is 1. The molecule has 3 atom stereocenters. The number of likely N-dealkylation sites (tertiary alicyclic amines) is 1. The first-order valence-electron chi connectivity index (χ1n) is 15.8. The predicted octanol–water partition coefficient (Wildman–Crippen LogP) is 4.46. The van der Waals surface area contributed by atoms with Crippen LogP contribution in [-0.4, -0.2) is 68.3 Å². The van der Waals surface area contributed by atoms with Crippen LogP contribution < -0.4 is 10.5 Å². The molecule has 1 saturated heterocycles. The number of nitrogens with zero attached hydrogens (tertiary/aromatic N) is 5. The highest BCUT2D eigenvalue weighted by molar-refractivity contribution is 6.00. The molecule has 2 bridgehead atoms. The van der Waals surface area contributed by atoms with Crippen molar-refractivity contribution in [2.24, 2.45) is 17.6 Å². The van der Waals surface area contributed by atoms with Gasteiger partial charge in [-0.2, -0.15) is 0 Å². The van der Waals surface area contributed by atoms with Gasteiger partial charge in [0, 0.05) is 55.9 Å². The van der Waals surface area contributed by atoms with Crippen LogP contribution >= 0.6 is 0 Å². The quantitative estimate of drug-likeness (QED) is 0.368. The van der Waals surface area contributed by atoms with E-state index < -0.39 is 12.6 Å². The van der Waals surface area contributed by atoms with E-state index in [-0.39, 0.29) is 23.9 Å². The van der Waals surface area contributed by atoms with Crippen LogP contribution in [-0.2, 0) is 17.8 Å². The van der Waals surface area contributed by atoms with Gasteiger partial charge in [-0.3, -0.25) is 4.79 Å². The SMILES string of the molecule is [2H]C([2H])([2H])OC1(C)CC(Cn2c(-c3cc4cccnc4n3CC)nc3cc(C(=O)N4C[C@H]5CC[C@@H]4[C@@H]5N)cc(OC)c32)C1. The maximum atomic E-state index is 13.8. The highest BCUT2D eigenvalue weighted by atomic mass is 16.5. The second-order valence-electron chi connectivity index (χ2n) is 12.0. The van der Waals surface area contributed by atoms with Crippen LogP contribution in [0.15, 0.2) is 36.5 Å². The second-order valence-corrected chi connectivity index (χ2v) is 12.0. The van der Waals surface area contributed by atoms with E-state index in [0.717, 1.165) is 40.9 Å². The summed E-state index contributed by atoms with van der Waals surface area (Å²) >= 11 is 0. The van der Waals surface area contributed by atoms with Crippen molar-refractivity contribution >= 4 is 28.0 Å². The number of benzene rings is 1. The van der Waals surface area contributed by atoms with Gasteiger partial charge in [-0.1, -0.05) is 0 Å². The van der Waals surface area contributed by atoms with Gasteiger partial charge in [0.25, 0.3) is 5.91 Å². The number of nitrogens with two attached hydrogens (primary N) is 1. The Morgan fingerprint density at radius 3 is 2.80 bits per heavy atom. The van der Waals surface area contributed by atoms with Crippen LogP contribution in [0, 0.1) is 11.8 Å². The van der Waals surface area contributed by atoms with Gasteiger partial charge in [0.05, 0.1) is 28.0 Å². The van der Waals surface area contributed by atoms with E-state index in [1.807, 2.05) is 36.1 Å². The van der Waals surface area contributed by atoms with Crippen molar-refractivity contribution in [1.29, 1.82) is 0 Å². The fourth-order valence-electron chi connectivity index (χ4n) is 7.55. The van der Waals surface area contributed by atoms with Crippen LogP contribution in [0.5, 0.6) is 5.75 Å². The lowest BCUT2D eigenvalue weighted by Gasteiger charge is -2.44. The van der Waals surface area contributed by atoms with E-state index in [4.69, 9.17) is 24.3 Å². The van der Waals surface area contributed by atoms with Gasteiger partial charge in [0.1, 0.15) is 16.9 Å². The Bertz CT molecular complexity index is 1720. The number of ether oxygens (including phenoxy) is 2. The first kappa shape index (κ1) is 22.3. The van der Waals surface area contributed by atoms with Crippen LogP contribution in [0.3, 0.4) is 0 Å². The van der Waals surface area contributed by atoms with Crippen molar-refractivity contribution < 1.29 is 18.4 Å². The Kier molecular flexibility index (Phi) is 5.19. The van der Waals surface area contributed by atoms with E-state index >= 15 is 0 Å². The minimum atomic E-state index is -2.44. The number of piperidine rings is 1. The highest BCUT2D eigenvalue weighted by Gasteiger charge is 2.47. The third-order valence-electron chi connectivity index (χ3n) is 9.52. The standard InChI is InChI=1S/C31H38N6O3/c1-5-35-24(12-19-7-6-10-33-28(19)35)29-34-22-11-21(30(38)36-17-20-8-9-23(36)26(20)32)13-25(39-3)27(22)37(29)16-18-14-31(2,15-18)40-4/h6-7,10-13,18,20,23,26H,5,8-9,14-17,32H2,1-4H3/t18?,20-,23-,26-,31?/m1/s1/i4D3. The molecule has 3 aromatic heterocycles. The molecule has 7 rings (SSSR count). The zero-order valence-corrected chi connectivity index (χ0v) is 23.3. The Morgan fingerprint density at radius 2 is 2.10 bits per heavy atom. The number of pyridine rings is 1. The molecule has 0 unspecified atom stereocenters. The molecule has 40 heavy (non-hydrogen) atoms. The summed E-state index contributed by atoms with van der Waals surface area (Å²) in [5.41, 5.74) is 9.54. The molecule has 3 aliphatic rings. The van der Waals surface area contributed by atoms with E-state index in [9.17, 15) is 4.79 Å². The van der Waals surface area contributed by atoms with Crippen molar-refractivity contribution in [3.8, 4) is 17.3 Å². The number of methoxy groups -OCH3 is 2. The largest absolute Gasteiger partial charge is 0.494 e. The maximum Gasteiger partial charge on any atom is 0.254 e. The molecule has 4 aromatic rings. The fraction of sp³-hybridized carbons (Fsp3) is 0.516. The maximum absolute atomic E-state index is 13.8. The third kappa shape index (κ3) is 3.78. The first-order valence-corrected chi connectivity index (χ1v) is 14.3. The summed E-state index contributed by atoms with van der Waals surface area (Å²) in [6, 6.07) is 9.87. The lowest BCUT2D eigenvalue weighted by Crippen LogP contribution is -2.44. The van der Waals surface area contributed by atoms with Crippen LogP contribution in [0.1, 0.15) is 54.0 Å². The van der Waals surface area contributed by atoms with Gasteiger partial charge in [-0.25, -0.2) is 9.97 Å². The predicted molar refractivity (Wildman–Crippen MR) is 154 cm³/mol. The van der Waals surface area contributed by atoms with Crippen molar-refractivity contribution in [3.63, 3.8) is 0 Å². The summed E-state index contributed by atoms with van der Waals surface area (Å²) in [4.78, 5) is 25.5. The minimum absolute atomic E-state index is 0.0346.